The fourth-order valence-corrected chi connectivity index (χ4v) is 3.11. The van der Waals surface area contributed by atoms with Gasteiger partial charge >= 0.3 is 0 Å². The maximum Gasteiger partial charge on any atom is 0.0610 e. The van der Waals surface area contributed by atoms with Gasteiger partial charge in [-0.15, -0.1) is 0 Å². The van der Waals surface area contributed by atoms with Gasteiger partial charge in [0.05, 0.1) is 12.2 Å². The van der Waals surface area contributed by atoms with E-state index in [-0.39, 0.29) is 0 Å². The second-order valence-electron chi connectivity index (χ2n) is 4.43. The summed E-state index contributed by atoms with van der Waals surface area (Å²) in [5.41, 5.74) is 0. The Labute approximate surface area is 75.5 Å². The van der Waals surface area contributed by atoms with Gasteiger partial charge in [-0.2, -0.15) is 0 Å². The summed E-state index contributed by atoms with van der Waals surface area (Å²) in [5.74, 6) is 1.82. The van der Waals surface area contributed by atoms with Gasteiger partial charge in [0.25, 0.3) is 0 Å². The van der Waals surface area contributed by atoms with Crippen molar-refractivity contribution in [2.75, 3.05) is 0 Å². The van der Waals surface area contributed by atoms with Crippen molar-refractivity contribution in [3.8, 4) is 0 Å². The van der Waals surface area contributed by atoms with Gasteiger partial charge in [-0.25, -0.2) is 0 Å². The third-order valence-electron chi connectivity index (χ3n) is 3.67. The predicted octanol–water partition coefficient (Wildman–Crippen LogP) is 2.99. The molecule has 0 aromatic rings. The summed E-state index contributed by atoms with van der Waals surface area (Å²) in [7, 11) is 0. The molecule has 1 saturated carbocycles. The van der Waals surface area contributed by atoms with Crippen LogP contribution in [0.15, 0.2) is 0 Å². The molecule has 0 aromatic heterocycles. The van der Waals surface area contributed by atoms with Crippen LogP contribution >= 0.6 is 0 Å². The molecule has 0 bridgehead atoms. The Bertz CT molecular complexity index is 155. The molecule has 1 heteroatoms. The number of rotatable bonds is 2. The zero-order chi connectivity index (χ0) is 8.55. The Balaban J connectivity index is 1.99. The molecular weight excluding hydrogens is 148 g/mol. The molecule has 12 heavy (non-hydrogen) atoms. The second-order valence-corrected chi connectivity index (χ2v) is 4.43. The monoisotopic (exact) mass is 168 g/mol. The van der Waals surface area contributed by atoms with E-state index in [1.165, 1.54) is 32.1 Å². The number of hydrogen-bond donors (Lipinski definition) is 0. The van der Waals surface area contributed by atoms with E-state index in [1.54, 1.807) is 0 Å². The van der Waals surface area contributed by atoms with E-state index in [0.29, 0.717) is 12.2 Å². The van der Waals surface area contributed by atoms with Crippen molar-refractivity contribution < 1.29 is 4.74 Å². The van der Waals surface area contributed by atoms with Crippen LogP contribution in [0.25, 0.3) is 0 Å². The summed E-state index contributed by atoms with van der Waals surface area (Å²) in [4.78, 5) is 0. The number of ether oxygens (including phenoxy) is 1. The lowest BCUT2D eigenvalue weighted by Gasteiger charge is -2.15. The minimum absolute atomic E-state index is 0.550. The maximum absolute atomic E-state index is 5.97. The first kappa shape index (κ1) is 8.55. The number of fused-ring (bicyclic) bond motifs is 1. The van der Waals surface area contributed by atoms with E-state index >= 15 is 0 Å². The van der Waals surface area contributed by atoms with Gasteiger partial charge in [0.15, 0.2) is 0 Å². The minimum Gasteiger partial charge on any atom is -0.375 e. The summed E-state index contributed by atoms with van der Waals surface area (Å²) in [5, 5.41) is 0. The average Bonchev–Trinajstić information content (AvgIpc) is 2.58. The van der Waals surface area contributed by atoms with Gasteiger partial charge in [-0.05, 0) is 38.0 Å². The van der Waals surface area contributed by atoms with Crippen molar-refractivity contribution in [3.05, 3.63) is 0 Å². The SMILES string of the molecule is CCCC1OC(C)C2CCCC12. The molecule has 1 saturated heterocycles. The van der Waals surface area contributed by atoms with Gasteiger partial charge in [0, 0.05) is 0 Å². The molecule has 0 amide bonds. The van der Waals surface area contributed by atoms with Crippen LogP contribution in [0.4, 0.5) is 0 Å². The summed E-state index contributed by atoms with van der Waals surface area (Å²) in [6.45, 7) is 4.52. The van der Waals surface area contributed by atoms with Gasteiger partial charge in [0.2, 0.25) is 0 Å². The Morgan fingerprint density at radius 2 is 2.00 bits per heavy atom. The molecule has 70 valence electrons. The smallest absolute Gasteiger partial charge is 0.0610 e. The number of hydrogen-bond acceptors (Lipinski definition) is 1. The highest BCUT2D eigenvalue weighted by molar-refractivity contribution is 4.92. The van der Waals surface area contributed by atoms with E-state index in [9.17, 15) is 0 Å². The van der Waals surface area contributed by atoms with Gasteiger partial charge in [-0.3, -0.25) is 0 Å². The van der Waals surface area contributed by atoms with E-state index < -0.39 is 0 Å². The Hall–Kier alpha value is -0.0400. The molecule has 0 aromatic carbocycles. The standard InChI is InChI=1S/C11H20O/c1-3-5-11-10-7-4-6-9(10)8(2)12-11/h8-11H,3-7H2,1-2H3. The first-order valence-electron chi connectivity index (χ1n) is 5.48. The lowest BCUT2D eigenvalue weighted by atomic mass is 9.89. The molecule has 4 unspecified atom stereocenters. The zero-order valence-electron chi connectivity index (χ0n) is 8.25. The predicted molar refractivity (Wildman–Crippen MR) is 50.1 cm³/mol. The third kappa shape index (κ3) is 1.28. The van der Waals surface area contributed by atoms with Gasteiger partial charge < -0.3 is 4.74 Å². The van der Waals surface area contributed by atoms with E-state index in [4.69, 9.17) is 4.74 Å². The van der Waals surface area contributed by atoms with E-state index in [2.05, 4.69) is 13.8 Å². The van der Waals surface area contributed by atoms with Crippen molar-refractivity contribution >= 4 is 0 Å². The summed E-state index contributed by atoms with van der Waals surface area (Å²) in [6, 6.07) is 0. The van der Waals surface area contributed by atoms with Crippen molar-refractivity contribution in [2.24, 2.45) is 11.8 Å². The molecule has 2 aliphatic rings. The highest BCUT2D eigenvalue weighted by atomic mass is 16.5. The van der Waals surface area contributed by atoms with Crippen molar-refractivity contribution in [3.63, 3.8) is 0 Å². The van der Waals surface area contributed by atoms with Crippen LogP contribution in [0.3, 0.4) is 0 Å². The van der Waals surface area contributed by atoms with Crippen LogP contribution in [0.2, 0.25) is 0 Å². The van der Waals surface area contributed by atoms with Crippen LogP contribution < -0.4 is 0 Å². The van der Waals surface area contributed by atoms with Crippen LogP contribution in [0.1, 0.15) is 46.0 Å². The molecule has 0 N–H and O–H groups in total. The Kier molecular flexibility index (Phi) is 2.40. The molecule has 1 heterocycles. The average molecular weight is 168 g/mol. The summed E-state index contributed by atoms with van der Waals surface area (Å²) in [6.07, 6.45) is 8.02. The van der Waals surface area contributed by atoms with Gasteiger partial charge in [0.1, 0.15) is 0 Å². The summed E-state index contributed by atoms with van der Waals surface area (Å²) < 4.78 is 5.97. The summed E-state index contributed by atoms with van der Waals surface area (Å²) >= 11 is 0. The van der Waals surface area contributed by atoms with Crippen molar-refractivity contribution in [1.29, 1.82) is 0 Å². The molecule has 4 atom stereocenters. The highest BCUT2D eigenvalue weighted by Crippen LogP contribution is 2.45. The van der Waals surface area contributed by atoms with Crippen LogP contribution in [0, 0.1) is 11.8 Å². The van der Waals surface area contributed by atoms with E-state index in [0.717, 1.165) is 11.8 Å². The largest absolute Gasteiger partial charge is 0.375 e. The lowest BCUT2D eigenvalue weighted by molar-refractivity contribution is 0.0288. The van der Waals surface area contributed by atoms with Crippen LogP contribution in [0.5, 0.6) is 0 Å². The van der Waals surface area contributed by atoms with Crippen molar-refractivity contribution in [1.82, 2.24) is 0 Å². The Morgan fingerprint density at radius 1 is 1.25 bits per heavy atom. The highest BCUT2D eigenvalue weighted by Gasteiger charge is 2.43. The first-order chi connectivity index (χ1) is 5.83. The van der Waals surface area contributed by atoms with E-state index in [1.807, 2.05) is 0 Å². The third-order valence-corrected chi connectivity index (χ3v) is 3.67. The normalized spacial score (nSPS) is 46.5. The van der Waals surface area contributed by atoms with Gasteiger partial charge in [-0.1, -0.05) is 19.8 Å². The molecular formula is C11H20O. The van der Waals surface area contributed by atoms with Crippen molar-refractivity contribution in [2.45, 2.75) is 58.2 Å². The maximum atomic E-state index is 5.97. The molecule has 1 nitrogen and oxygen atoms in total. The topological polar surface area (TPSA) is 9.23 Å². The molecule has 2 fully saturated rings. The second kappa shape index (κ2) is 3.37. The fraction of sp³-hybridized carbons (Fsp3) is 1.00. The quantitative estimate of drug-likeness (QED) is 0.616. The molecule has 0 spiro atoms. The minimum atomic E-state index is 0.550. The molecule has 2 rings (SSSR count). The lowest BCUT2D eigenvalue weighted by Crippen LogP contribution is -2.15. The molecule has 1 aliphatic heterocycles. The zero-order valence-corrected chi connectivity index (χ0v) is 8.25. The fourth-order valence-electron chi connectivity index (χ4n) is 3.11. The molecule has 1 aliphatic carbocycles. The first-order valence-corrected chi connectivity index (χ1v) is 5.48. The van der Waals surface area contributed by atoms with Crippen LogP contribution in [-0.4, -0.2) is 12.2 Å². The molecule has 0 radical (unpaired) electrons. The van der Waals surface area contributed by atoms with Crippen LogP contribution in [-0.2, 0) is 4.74 Å². The Morgan fingerprint density at radius 3 is 2.75 bits per heavy atom.